The average Bonchev–Trinajstić information content (AvgIpc) is 2.63. The van der Waals surface area contributed by atoms with Gasteiger partial charge in [0.05, 0.1) is 6.54 Å². The lowest BCUT2D eigenvalue weighted by atomic mass is 10.2. The van der Waals surface area contributed by atoms with Crippen LogP contribution < -0.4 is 0 Å². The molecule has 18 heavy (non-hydrogen) atoms. The average molecular weight is 340 g/mol. The van der Waals surface area contributed by atoms with E-state index < -0.39 is 11.9 Å². The Kier molecular flexibility index (Phi) is 3.68. The molecule has 0 aliphatic carbocycles. The van der Waals surface area contributed by atoms with Crippen molar-refractivity contribution in [3.8, 4) is 0 Å². The molecule has 2 rings (SSSR count). The number of rotatable bonds is 2. The highest BCUT2D eigenvalue weighted by atomic mass is 79.9. The van der Waals surface area contributed by atoms with Crippen molar-refractivity contribution in [2.45, 2.75) is 12.7 Å². The molecule has 0 fully saturated rings. The van der Waals surface area contributed by atoms with Crippen LogP contribution in [0, 0.1) is 0 Å². The molecule has 0 spiro atoms. The van der Waals surface area contributed by atoms with E-state index in [4.69, 9.17) is 11.6 Å². The zero-order chi connectivity index (χ0) is 13.3. The first-order valence-corrected chi connectivity index (χ1v) is 6.08. The molecular weight excluding hydrogens is 332 g/mol. The Hall–Kier alpha value is -1.01. The molecule has 1 aromatic heterocycles. The van der Waals surface area contributed by atoms with Gasteiger partial charge in [-0.2, -0.15) is 18.3 Å². The Bertz CT molecular complexity index is 548. The van der Waals surface area contributed by atoms with Crippen LogP contribution in [0.5, 0.6) is 0 Å². The Morgan fingerprint density at radius 1 is 1.22 bits per heavy atom. The van der Waals surface area contributed by atoms with Gasteiger partial charge in [-0.1, -0.05) is 39.7 Å². The Balaban J connectivity index is 2.24. The largest absolute Gasteiger partial charge is 0.435 e. The molecule has 0 saturated heterocycles. The molecule has 0 bridgehead atoms. The summed E-state index contributed by atoms with van der Waals surface area (Å²) >= 11 is 9.00. The van der Waals surface area contributed by atoms with Crippen LogP contribution in [0.25, 0.3) is 0 Å². The highest BCUT2D eigenvalue weighted by Crippen LogP contribution is 2.30. The topological polar surface area (TPSA) is 17.8 Å². The summed E-state index contributed by atoms with van der Waals surface area (Å²) in [6.07, 6.45) is -4.48. The predicted octanol–water partition coefficient (Wildman–Crippen LogP) is 4.37. The second-order valence-corrected chi connectivity index (χ2v) is 4.94. The van der Waals surface area contributed by atoms with Crippen molar-refractivity contribution in [1.29, 1.82) is 0 Å². The molecule has 2 aromatic rings. The van der Waals surface area contributed by atoms with Gasteiger partial charge in [-0.3, -0.25) is 0 Å². The number of hydrogen-bond acceptors (Lipinski definition) is 1. The summed E-state index contributed by atoms with van der Waals surface area (Å²) in [5.74, 6) is 0. The number of nitrogens with zero attached hydrogens (tertiary/aromatic N) is 2. The lowest BCUT2D eigenvalue weighted by molar-refractivity contribution is -0.141. The minimum Gasteiger partial charge on any atom is -0.249 e. The standard InChI is InChI=1S/C11H7BrClF3N2/c12-8-3-1-7(2-4-8)6-18-10(13)5-9(17-18)11(14,15)16/h1-5H,6H2. The van der Waals surface area contributed by atoms with Gasteiger partial charge in [0.25, 0.3) is 0 Å². The summed E-state index contributed by atoms with van der Waals surface area (Å²) in [4.78, 5) is 0. The summed E-state index contributed by atoms with van der Waals surface area (Å²) in [6, 6.07) is 8.00. The summed E-state index contributed by atoms with van der Waals surface area (Å²) in [5, 5.41) is 3.41. The van der Waals surface area contributed by atoms with Crippen molar-refractivity contribution >= 4 is 27.5 Å². The van der Waals surface area contributed by atoms with Gasteiger partial charge < -0.3 is 0 Å². The summed E-state index contributed by atoms with van der Waals surface area (Å²) in [6.45, 7) is 0.197. The molecule has 0 radical (unpaired) electrons. The summed E-state index contributed by atoms with van der Waals surface area (Å²) < 4.78 is 39.3. The third kappa shape index (κ3) is 3.05. The fraction of sp³-hybridized carbons (Fsp3) is 0.182. The molecule has 96 valence electrons. The molecule has 0 amide bonds. The summed E-state index contributed by atoms with van der Waals surface area (Å²) in [7, 11) is 0. The Labute approximate surface area is 114 Å². The van der Waals surface area contributed by atoms with E-state index in [1.54, 1.807) is 24.3 Å². The van der Waals surface area contributed by atoms with Gasteiger partial charge in [-0.05, 0) is 17.7 Å². The van der Waals surface area contributed by atoms with Crippen LogP contribution in [0.1, 0.15) is 11.3 Å². The van der Waals surface area contributed by atoms with Crippen LogP contribution >= 0.6 is 27.5 Å². The normalized spacial score (nSPS) is 11.8. The zero-order valence-electron chi connectivity index (χ0n) is 8.88. The van der Waals surface area contributed by atoms with Crippen molar-refractivity contribution in [2.75, 3.05) is 0 Å². The molecule has 0 N–H and O–H groups in total. The molecule has 0 atom stereocenters. The third-order valence-electron chi connectivity index (χ3n) is 2.27. The monoisotopic (exact) mass is 338 g/mol. The van der Waals surface area contributed by atoms with E-state index in [0.717, 1.165) is 20.8 Å². The summed E-state index contributed by atoms with van der Waals surface area (Å²) in [5.41, 5.74) is -0.165. The Morgan fingerprint density at radius 2 is 1.83 bits per heavy atom. The van der Waals surface area contributed by atoms with Crippen LogP contribution in [0.3, 0.4) is 0 Å². The fourth-order valence-corrected chi connectivity index (χ4v) is 1.87. The molecule has 1 aromatic carbocycles. The van der Waals surface area contributed by atoms with Gasteiger partial charge in [-0.25, -0.2) is 4.68 Å². The van der Waals surface area contributed by atoms with E-state index >= 15 is 0 Å². The van der Waals surface area contributed by atoms with E-state index in [1.807, 2.05) is 0 Å². The Morgan fingerprint density at radius 3 is 2.33 bits per heavy atom. The van der Waals surface area contributed by atoms with Crippen molar-refractivity contribution in [2.24, 2.45) is 0 Å². The van der Waals surface area contributed by atoms with Crippen LogP contribution in [0.4, 0.5) is 13.2 Å². The predicted molar refractivity (Wildman–Crippen MR) is 65.5 cm³/mol. The van der Waals surface area contributed by atoms with Gasteiger partial charge in [0.2, 0.25) is 0 Å². The molecule has 0 unspecified atom stereocenters. The lowest BCUT2D eigenvalue weighted by Crippen LogP contribution is -2.08. The van der Waals surface area contributed by atoms with E-state index in [-0.39, 0.29) is 11.7 Å². The second kappa shape index (κ2) is 4.93. The molecule has 2 nitrogen and oxygen atoms in total. The van der Waals surface area contributed by atoms with Crippen LogP contribution in [-0.4, -0.2) is 9.78 Å². The fourth-order valence-electron chi connectivity index (χ4n) is 1.41. The van der Waals surface area contributed by atoms with Gasteiger partial charge in [0.1, 0.15) is 5.15 Å². The number of benzene rings is 1. The van der Waals surface area contributed by atoms with E-state index in [9.17, 15) is 13.2 Å². The van der Waals surface area contributed by atoms with Gasteiger partial charge in [0, 0.05) is 10.5 Å². The van der Waals surface area contributed by atoms with Crippen molar-refractivity contribution in [3.63, 3.8) is 0 Å². The quantitative estimate of drug-likeness (QED) is 0.794. The van der Waals surface area contributed by atoms with E-state index in [2.05, 4.69) is 21.0 Å². The number of hydrogen-bond donors (Lipinski definition) is 0. The maximum absolute atomic E-state index is 12.4. The maximum Gasteiger partial charge on any atom is 0.435 e. The first kappa shape index (κ1) is 13.4. The molecule has 1 heterocycles. The molecule has 0 aliphatic heterocycles. The van der Waals surface area contributed by atoms with Crippen molar-refractivity contribution in [1.82, 2.24) is 9.78 Å². The number of alkyl halides is 3. The lowest BCUT2D eigenvalue weighted by Gasteiger charge is -2.04. The second-order valence-electron chi connectivity index (χ2n) is 3.63. The smallest absolute Gasteiger partial charge is 0.249 e. The molecular formula is C11H7BrClF3N2. The van der Waals surface area contributed by atoms with Crippen molar-refractivity contribution in [3.05, 3.63) is 51.2 Å². The molecule has 7 heteroatoms. The van der Waals surface area contributed by atoms with Gasteiger partial charge in [0.15, 0.2) is 5.69 Å². The highest BCUT2D eigenvalue weighted by Gasteiger charge is 2.34. The molecule has 0 aliphatic rings. The van der Waals surface area contributed by atoms with E-state index in [0.29, 0.717) is 0 Å². The van der Waals surface area contributed by atoms with Gasteiger partial charge >= 0.3 is 6.18 Å². The van der Waals surface area contributed by atoms with E-state index in [1.165, 1.54) is 0 Å². The minimum atomic E-state index is -4.48. The number of aromatic nitrogens is 2. The van der Waals surface area contributed by atoms with Crippen LogP contribution in [0.2, 0.25) is 5.15 Å². The van der Waals surface area contributed by atoms with Crippen LogP contribution in [0.15, 0.2) is 34.8 Å². The van der Waals surface area contributed by atoms with Crippen LogP contribution in [-0.2, 0) is 12.7 Å². The number of halogens is 5. The SMILES string of the molecule is FC(F)(F)c1cc(Cl)n(Cc2ccc(Br)cc2)n1. The minimum absolute atomic E-state index is 0.0368. The highest BCUT2D eigenvalue weighted by molar-refractivity contribution is 9.10. The maximum atomic E-state index is 12.4. The zero-order valence-corrected chi connectivity index (χ0v) is 11.2. The third-order valence-corrected chi connectivity index (χ3v) is 3.10. The van der Waals surface area contributed by atoms with Crippen molar-refractivity contribution < 1.29 is 13.2 Å². The van der Waals surface area contributed by atoms with Gasteiger partial charge in [-0.15, -0.1) is 0 Å². The molecule has 0 saturated carbocycles. The first-order valence-electron chi connectivity index (χ1n) is 4.91. The first-order chi connectivity index (χ1) is 8.36.